The Balaban J connectivity index is 2.98. The Bertz CT molecular complexity index is 616. The highest BCUT2D eigenvalue weighted by Gasteiger charge is 2.45. The monoisotopic (exact) mass is 265 g/mol. The molecule has 2 N–H and O–H groups in total. The van der Waals surface area contributed by atoms with Gasteiger partial charge in [-0.25, -0.2) is 16.8 Å². The summed E-state index contributed by atoms with van der Waals surface area (Å²) in [6, 6.07) is 1.42. The van der Waals surface area contributed by atoms with Gasteiger partial charge in [0.25, 0.3) is 20.0 Å². The highest BCUT2D eigenvalue weighted by Crippen LogP contribution is 2.41. The Kier molecular flexibility index (Phi) is 2.00. The van der Waals surface area contributed by atoms with E-state index in [9.17, 15) is 16.8 Å². The van der Waals surface area contributed by atoms with E-state index < -0.39 is 41.3 Å². The number of rotatable bonds is 0. The SMILES string of the molecule is CN1S(=O)(=O)c2cc(O)c(O)cc2S1(=O)=O. The molecule has 9 heteroatoms. The average molecular weight is 265 g/mol. The molecule has 0 amide bonds. The zero-order valence-corrected chi connectivity index (χ0v) is 9.58. The predicted octanol–water partition coefficient (Wildman–Crippen LogP) is -0.579. The van der Waals surface area contributed by atoms with E-state index in [4.69, 9.17) is 10.2 Å². The van der Waals surface area contributed by atoms with Crippen LogP contribution in [0.3, 0.4) is 0 Å². The van der Waals surface area contributed by atoms with Crippen molar-refractivity contribution >= 4 is 20.0 Å². The van der Waals surface area contributed by atoms with Crippen molar-refractivity contribution in [2.45, 2.75) is 9.79 Å². The third kappa shape index (κ3) is 1.16. The van der Waals surface area contributed by atoms with Crippen LogP contribution in [0.1, 0.15) is 0 Å². The van der Waals surface area contributed by atoms with Gasteiger partial charge in [0.15, 0.2) is 11.5 Å². The summed E-state index contributed by atoms with van der Waals surface area (Å²) in [7, 11) is -7.43. The molecule has 0 unspecified atom stereocenters. The molecule has 1 heterocycles. The minimum atomic E-state index is -4.16. The first-order valence-corrected chi connectivity index (χ1v) is 6.87. The topological polar surface area (TPSA) is 112 Å². The number of hydrogen-bond donors (Lipinski definition) is 2. The van der Waals surface area contributed by atoms with Crippen molar-refractivity contribution in [2.24, 2.45) is 0 Å². The summed E-state index contributed by atoms with van der Waals surface area (Å²) in [5.74, 6) is -1.37. The van der Waals surface area contributed by atoms with E-state index in [1.54, 1.807) is 0 Å². The average Bonchev–Trinajstić information content (AvgIpc) is 2.29. The second-order valence-electron chi connectivity index (χ2n) is 3.18. The maximum atomic E-state index is 11.6. The van der Waals surface area contributed by atoms with Crippen molar-refractivity contribution in [3.8, 4) is 11.5 Å². The van der Waals surface area contributed by atoms with Crippen LogP contribution in [-0.4, -0.2) is 37.8 Å². The lowest BCUT2D eigenvalue weighted by molar-refractivity contribution is 0.400. The van der Waals surface area contributed by atoms with Gasteiger partial charge in [-0.05, 0) is 0 Å². The van der Waals surface area contributed by atoms with E-state index in [0.29, 0.717) is 12.1 Å². The van der Waals surface area contributed by atoms with E-state index in [2.05, 4.69) is 0 Å². The fourth-order valence-corrected chi connectivity index (χ4v) is 5.20. The number of hydrogen-bond acceptors (Lipinski definition) is 6. The maximum Gasteiger partial charge on any atom is 0.257 e. The third-order valence-corrected chi connectivity index (χ3v) is 6.72. The Morgan fingerprint density at radius 2 is 1.25 bits per heavy atom. The minimum absolute atomic E-state index is 0.198. The molecular weight excluding hydrogens is 258 g/mol. The molecule has 1 aliphatic rings. The number of fused-ring (bicyclic) bond motifs is 1. The van der Waals surface area contributed by atoms with Crippen molar-refractivity contribution in [1.29, 1.82) is 0 Å². The maximum absolute atomic E-state index is 11.6. The van der Waals surface area contributed by atoms with E-state index in [1.165, 1.54) is 0 Å². The van der Waals surface area contributed by atoms with Gasteiger partial charge in [0, 0.05) is 19.2 Å². The van der Waals surface area contributed by atoms with Crippen molar-refractivity contribution in [1.82, 2.24) is 3.71 Å². The Labute approximate surface area is 91.7 Å². The van der Waals surface area contributed by atoms with E-state index in [0.717, 1.165) is 7.05 Å². The summed E-state index contributed by atoms with van der Waals surface area (Å²) in [6.45, 7) is 0. The van der Waals surface area contributed by atoms with Crippen molar-refractivity contribution in [2.75, 3.05) is 7.05 Å². The lowest BCUT2D eigenvalue weighted by Crippen LogP contribution is -2.25. The van der Waals surface area contributed by atoms with E-state index in [1.807, 2.05) is 0 Å². The molecule has 16 heavy (non-hydrogen) atoms. The first-order chi connectivity index (χ1) is 7.19. The van der Waals surface area contributed by atoms with Crippen LogP contribution in [0.25, 0.3) is 0 Å². The first-order valence-electron chi connectivity index (χ1n) is 3.99. The third-order valence-electron chi connectivity index (χ3n) is 2.27. The van der Waals surface area contributed by atoms with Crippen molar-refractivity contribution in [3.05, 3.63) is 12.1 Å². The van der Waals surface area contributed by atoms with Crippen LogP contribution < -0.4 is 0 Å². The largest absolute Gasteiger partial charge is 0.504 e. The van der Waals surface area contributed by atoms with Crippen LogP contribution in [0.4, 0.5) is 0 Å². The molecule has 0 saturated carbocycles. The molecule has 7 nitrogen and oxygen atoms in total. The summed E-state index contributed by atoms with van der Waals surface area (Å²) < 4.78 is 46.7. The fourth-order valence-electron chi connectivity index (χ4n) is 1.35. The molecule has 0 bridgehead atoms. The first kappa shape index (κ1) is 11.2. The Morgan fingerprint density at radius 3 is 1.56 bits per heavy atom. The molecule has 0 aromatic heterocycles. The predicted molar refractivity (Wildman–Crippen MR) is 51.9 cm³/mol. The van der Waals surface area contributed by atoms with Gasteiger partial charge in [0.2, 0.25) is 0 Å². The zero-order chi connectivity index (χ0) is 12.3. The molecule has 1 aromatic carbocycles. The number of phenols is 2. The van der Waals surface area contributed by atoms with Gasteiger partial charge in [0.1, 0.15) is 9.79 Å². The number of aromatic hydroxyl groups is 2. The summed E-state index contributed by atoms with van der Waals surface area (Å²) in [5, 5.41) is 18.3. The van der Waals surface area contributed by atoms with Gasteiger partial charge in [-0.15, -0.1) is 0 Å². The van der Waals surface area contributed by atoms with Crippen LogP contribution in [0, 0.1) is 0 Å². The van der Waals surface area contributed by atoms with E-state index in [-0.39, 0.29) is 3.71 Å². The van der Waals surface area contributed by atoms with Crippen molar-refractivity contribution < 1.29 is 27.0 Å². The Hall–Kier alpha value is -1.32. The lowest BCUT2D eigenvalue weighted by Gasteiger charge is -2.04. The van der Waals surface area contributed by atoms with Gasteiger partial charge >= 0.3 is 0 Å². The number of benzene rings is 1. The van der Waals surface area contributed by atoms with Crippen LogP contribution in [0.15, 0.2) is 21.9 Å². The smallest absolute Gasteiger partial charge is 0.257 e. The highest BCUT2D eigenvalue weighted by molar-refractivity contribution is 8.06. The highest BCUT2D eigenvalue weighted by atomic mass is 32.3. The lowest BCUT2D eigenvalue weighted by atomic mass is 10.3. The quantitative estimate of drug-likeness (QED) is 0.607. The van der Waals surface area contributed by atoms with Crippen LogP contribution in [0.5, 0.6) is 11.5 Å². The second-order valence-corrected chi connectivity index (χ2v) is 7.28. The van der Waals surface area contributed by atoms with Gasteiger partial charge in [-0.2, -0.15) is 0 Å². The molecular formula is C7H7NO6S2. The number of phenolic OH excluding ortho intramolecular Hbond substituents is 2. The molecule has 0 aliphatic carbocycles. The van der Waals surface area contributed by atoms with Crippen LogP contribution >= 0.6 is 0 Å². The number of sulfonamides is 2. The molecule has 88 valence electrons. The summed E-state index contributed by atoms with van der Waals surface area (Å²) in [6.07, 6.45) is 0. The van der Waals surface area contributed by atoms with Crippen LogP contribution in [-0.2, 0) is 20.0 Å². The normalized spacial score (nSPS) is 21.8. The molecule has 0 radical (unpaired) electrons. The van der Waals surface area contributed by atoms with Gasteiger partial charge in [-0.1, -0.05) is 3.71 Å². The molecule has 0 spiro atoms. The van der Waals surface area contributed by atoms with Crippen LogP contribution in [0.2, 0.25) is 0 Å². The zero-order valence-electron chi connectivity index (χ0n) is 7.95. The summed E-state index contributed by atoms with van der Waals surface area (Å²) in [4.78, 5) is -1.07. The summed E-state index contributed by atoms with van der Waals surface area (Å²) >= 11 is 0. The Morgan fingerprint density at radius 1 is 0.938 bits per heavy atom. The molecule has 2 rings (SSSR count). The second kappa shape index (κ2) is 2.87. The fraction of sp³-hybridized carbons (Fsp3) is 0.143. The standard InChI is InChI=1S/C7H7NO6S2/c1-8-15(11,12)6-2-4(9)5(10)3-7(6)16(8,13)14/h2-3,9-10H,1H3. The number of nitrogens with zero attached hydrogens (tertiary/aromatic N) is 1. The molecule has 1 aliphatic heterocycles. The van der Waals surface area contributed by atoms with Crippen molar-refractivity contribution in [3.63, 3.8) is 0 Å². The van der Waals surface area contributed by atoms with Gasteiger partial charge < -0.3 is 10.2 Å². The summed E-state index contributed by atoms with van der Waals surface area (Å²) in [5.41, 5.74) is 0. The minimum Gasteiger partial charge on any atom is -0.504 e. The molecule has 0 saturated heterocycles. The van der Waals surface area contributed by atoms with E-state index >= 15 is 0 Å². The molecule has 1 aromatic rings. The van der Waals surface area contributed by atoms with Gasteiger partial charge in [0.05, 0.1) is 0 Å². The van der Waals surface area contributed by atoms with Gasteiger partial charge in [-0.3, -0.25) is 0 Å². The molecule has 0 atom stereocenters. The molecule has 0 fully saturated rings.